The molecule has 1 saturated heterocycles. The minimum atomic E-state index is -0.433. The van der Waals surface area contributed by atoms with Crippen molar-refractivity contribution in [2.24, 2.45) is 5.73 Å². The van der Waals surface area contributed by atoms with Crippen LogP contribution in [0.2, 0.25) is 0 Å². The number of nitrogens with zero attached hydrogens (tertiary/aromatic N) is 2. The van der Waals surface area contributed by atoms with Gasteiger partial charge in [0.1, 0.15) is 5.60 Å². The van der Waals surface area contributed by atoms with Gasteiger partial charge in [-0.25, -0.2) is 0 Å². The first-order chi connectivity index (χ1) is 9.30. The second-order valence-electron chi connectivity index (χ2n) is 4.92. The van der Waals surface area contributed by atoms with Crippen LogP contribution < -0.4 is 5.73 Å². The van der Waals surface area contributed by atoms with E-state index in [1.807, 2.05) is 0 Å². The predicted molar refractivity (Wildman–Crippen MR) is 69.6 cm³/mol. The Bertz CT molecular complexity index is 375. The van der Waals surface area contributed by atoms with Crippen molar-refractivity contribution in [2.75, 3.05) is 26.9 Å². The zero-order valence-electron chi connectivity index (χ0n) is 11.6. The third kappa shape index (κ3) is 3.52. The number of ether oxygens (including phenoxy) is 2. The highest BCUT2D eigenvalue weighted by Gasteiger charge is 2.39. The van der Waals surface area contributed by atoms with E-state index >= 15 is 0 Å². The SMILES string of the molecule is COC1(c2noc(CCCCCN)n2)CCOCC1. The summed E-state index contributed by atoms with van der Waals surface area (Å²) < 4.78 is 16.3. The van der Waals surface area contributed by atoms with Crippen LogP contribution in [0.1, 0.15) is 43.8 Å². The van der Waals surface area contributed by atoms with E-state index in [9.17, 15) is 0 Å². The summed E-state index contributed by atoms with van der Waals surface area (Å²) in [4.78, 5) is 4.48. The first-order valence-electron chi connectivity index (χ1n) is 6.97. The third-order valence-corrected chi connectivity index (χ3v) is 3.66. The first-order valence-corrected chi connectivity index (χ1v) is 6.97. The summed E-state index contributed by atoms with van der Waals surface area (Å²) in [6, 6.07) is 0. The Kier molecular flexibility index (Phi) is 5.30. The largest absolute Gasteiger partial charge is 0.381 e. The molecule has 19 heavy (non-hydrogen) atoms. The minimum Gasteiger partial charge on any atom is -0.381 e. The molecule has 108 valence electrons. The van der Waals surface area contributed by atoms with Gasteiger partial charge in [-0.3, -0.25) is 0 Å². The van der Waals surface area contributed by atoms with Crippen LogP contribution in [0.25, 0.3) is 0 Å². The molecule has 0 bridgehead atoms. The van der Waals surface area contributed by atoms with E-state index < -0.39 is 5.60 Å². The standard InChI is InChI=1S/C13H23N3O3/c1-17-13(6-9-18-10-7-13)12-15-11(19-16-12)5-3-2-4-8-14/h2-10,14H2,1H3. The summed E-state index contributed by atoms with van der Waals surface area (Å²) in [5.74, 6) is 1.35. The summed E-state index contributed by atoms with van der Waals surface area (Å²) in [6.45, 7) is 2.09. The number of hydrogen-bond donors (Lipinski definition) is 1. The zero-order valence-corrected chi connectivity index (χ0v) is 11.6. The maximum absolute atomic E-state index is 5.64. The van der Waals surface area contributed by atoms with Gasteiger partial charge in [0.2, 0.25) is 11.7 Å². The molecule has 0 saturated carbocycles. The van der Waals surface area contributed by atoms with Gasteiger partial charge in [-0.2, -0.15) is 4.98 Å². The molecule has 0 radical (unpaired) electrons. The number of methoxy groups -OCH3 is 1. The molecule has 0 spiro atoms. The van der Waals surface area contributed by atoms with Gasteiger partial charge in [0, 0.05) is 39.6 Å². The molecule has 6 nitrogen and oxygen atoms in total. The van der Waals surface area contributed by atoms with Gasteiger partial charge >= 0.3 is 0 Å². The topological polar surface area (TPSA) is 83.4 Å². The summed E-state index contributed by atoms with van der Waals surface area (Å²) >= 11 is 0. The highest BCUT2D eigenvalue weighted by Crippen LogP contribution is 2.33. The van der Waals surface area contributed by atoms with E-state index in [0.29, 0.717) is 24.9 Å². The molecule has 2 rings (SSSR count). The van der Waals surface area contributed by atoms with Gasteiger partial charge in [-0.1, -0.05) is 11.6 Å². The highest BCUT2D eigenvalue weighted by atomic mass is 16.5. The van der Waals surface area contributed by atoms with Crippen molar-refractivity contribution >= 4 is 0 Å². The van der Waals surface area contributed by atoms with Crippen molar-refractivity contribution in [3.8, 4) is 0 Å². The molecule has 1 aromatic heterocycles. The smallest absolute Gasteiger partial charge is 0.226 e. The lowest BCUT2D eigenvalue weighted by atomic mass is 9.93. The Labute approximate surface area is 113 Å². The lowest BCUT2D eigenvalue weighted by Crippen LogP contribution is -2.36. The molecule has 1 aliphatic heterocycles. The van der Waals surface area contributed by atoms with E-state index in [1.165, 1.54) is 0 Å². The van der Waals surface area contributed by atoms with Crippen LogP contribution in [0.15, 0.2) is 4.52 Å². The van der Waals surface area contributed by atoms with E-state index in [2.05, 4.69) is 10.1 Å². The molecule has 0 aromatic carbocycles. The summed E-state index contributed by atoms with van der Waals surface area (Å²) in [5, 5.41) is 4.09. The average Bonchev–Trinajstić information content (AvgIpc) is 2.94. The van der Waals surface area contributed by atoms with Crippen LogP contribution in [0.5, 0.6) is 0 Å². The molecule has 1 fully saturated rings. The van der Waals surface area contributed by atoms with Gasteiger partial charge in [0.05, 0.1) is 0 Å². The van der Waals surface area contributed by atoms with E-state index in [1.54, 1.807) is 7.11 Å². The lowest BCUT2D eigenvalue weighted by Gasteiger charge is -2.32. The van der Waals surface area contributed by atoms with Gasteiger partial charge in [-0.05, 0) is 19.4 Å². The van der Waals surface area contributed by atoms with Gasteiger partial charge < -0.3 is 19.7 Å². The Hall–Kier alpha value is -0.980. The molecule has 1 aliphatic rings. The fraction of sp³-hybridized carbons (Fsp3) is 0.846. The normalized spacial score (nSPS) is 18.6. The number of aromatic nitrogens is 2. The maximum atomic E-state index is 5.64. The second kappa shape index (κ2) is 6.98. The zero-order chi connectivity index (χ0) is 13.6. The molecular weight excluding hydrogens is 246 g/mol. The molecule has 6 heteroatoms. The van der Waals surface area contributed by atoms with Crippen molar-refractivity contribution in [3.05, 3.63) is 11.7 Å². The number of nitrogens with two attached hydrogens (primary N) is 1. The quantitative estimate of drug-likeness (QED) is 0.753. The highest BCUT2D eigenvalue weighted by molar-refractivity contribution is 5.03. The predicted octanol–water partition coefficient (Wildman–Crippen LogP) is 1.39. The van der Waals surface area contributed by atoms with Crippen molar-refractivity contribution in [3.63, 3.8) is 0 Å². The number of unbranched alkanes of at least 4 members (excludes halogenated alkanes) is 2. The fourth-order valence-corrected chi connectivity index (χ4v) is 2.36. The molecule has 1 aromatic rings. The minimum absolute atomic E-state index is 0.433. The molecule has 2 heterocycles. The molecule has 0 atom stereocenters. The van der Waals surface area contributed by atoms with Gasteiger partial charge in [0.15, 0.2) is 0 Å². The van der Waals surface area contributed by atoms with Crippen LogP contribution in [0.4, 0.5) is 0 Å². The van der Waals surface area contributed by atoms with Crippen molar-refractivity contribution in [1.29, 1.82) is 0 Å². The van der Waals surface area contributed by atoms with Crippen LogP contribution in [-0.2, 0) is 21.5 Å². The van der Waals surface area contributed by atoms with Gasteiger partial charge in [0.25, 0.3) is 0 Å². The van der Waals surface area contributed by atoms with Crippen LogP contribution >= 0.6 is 0 Å². The Balaban J connectivity index is 1.94. The monoisotopic (exact) mass is 269 g/mol. The number of rotatable bonds is 7. The first kappa shape index (κ1) is 14.4. The Morgan fingerprint density at radius 3 is 2.74 bits per heavy atom. The summed E-state index contributed by atoms with van der Waals surface area (Å²) in [5.41, 5.74) is 5.03. The second-order valence-corrected chi connectivity index (χ2v) is 4.92. The van der Waals surface area contributed by atoms with Crippen LogP contribution in [-0.4, -0.2) is 37.0 Å². The molecule has 0 amide bonds. The molecular formula is C13H23N3O3. The van der Waals surface area contributed by atoms with Crippen LogP contribution in [0, 0.1) is 0 Å². The van der Waals surface area contributed by atoms with E-state index in [0.717, 1.165) is 45.1 Å². The molecule has 0 unspecified atom stereocenters. The number of aryl methyl sites for hydroxylation is 1. The van der Waals surface area contributed by atoms with Crippen molar-refractivity contribution in [2.45, 2.75) is 44.1 Å². The fourth-order valence-electron chi connectivity index (χ4n) is 2.36. The summed E-state index contributed by atoms with van der Waals surface area (Å²) in [7, 11) is 1.70. The maximum Gasteiger partial charge on any atom is 0.226 e. The van der Waals surface area contributed by atoms with Crippen molar-refractivity contribution < 1.29 is 14.0 Å². The summed E-state index contributed by atoms with van der Waals surface area (Å²) in [6.07, 6.45) is 5.52. The Morgan fingerprint density at radius 2 is 2.05 bits per heavy atom. The Morgan fingerprint density at radius 1 is 1.26 bits per heavy atom. The van der Waals surface area contributed by atoms with E-state index in [4.69, 9.17) is 19.7 Å². The average molecular weight is 269 g/mol. The molecule has 0 aliphatic carbocycles. The molecule has 2 N–H and O–H groups in total. The lowest BCUT2D eigenvalue weighted by molar-refractivity contribution is -0.101. The third-order valence-electron chi connectivity index (χ3n) is 3.66. The van der Waals surface area contributed by atoms with Crippen LogP contribution in [0.3, 0.4) is 0 Å². The van der Waals surface area contributed by atoms with E-state index in [-0.39, 0.29) is 0 Å². The van der Waals surface area contributed by atoms with Crippen molar-refractivity contribution in [1.82, 2.24) is 10.1 Å². The van der Waals surface area contributed by atoms with Gasteiger partial charge in [-0.15, -0.1) is 0 Å². The number of hydrogen-bond acceptors (Lipinski definition) is 6.